The van der Waals surface area contributed by atoms with Crippen LogP contribution in [0.15, 0.2) is 72.8 Å². The molecule has 2 N–H and O–H groups in total. The summed E-state index contributed by atoms with van der Waals surface area (Å²) in [6.07, 6.45) is 6.34. The topological polar surface area (TPSA) is 40.5 Å². The Bertz CT molecular complexity index is 1140. The first-order valence-electron chi connectivity index (χ1n) is 12.2. The van der Waals surface area contributed by atoms with E-state index in [1.165, 1.54) is 28.7 Å². The third kappa shape index (κ3) is 2.82. The lowest BCUT2D eigenvalue weighted by Crippen LogP contribution is -2.49. The van der Waals surface area contributed by atoms with Gasteiger partial charge in [0.05, 0.1) is 5.60 Å². The molecule has 0 aromatic heterocycles. The highest BCUT2D eigenvalue weighted by Gasteiger charge is 2.62. The predicted molar refractivity (Wildman–Crippen MR) is 128 cm³/mol. The molecule has 0 aliphatic heterocycles. The van der Waals surface area contributed by atoms with Crippen molar-refractivity contribution in [2.45, 2.75) is 57.0 Å². The van der Waals surface area contributed by atoms with Gasteiger partial charge in [-0.15, -0.1) is 0 Å². The molecule has 2 nitrogen and oxygen atoms in total. The van der Waals surface area contributed by atoms with Gasteiger partial charge in [0.15, 0.2) is 0 Å². The van der Waals surface area contributed by atoms with Crippen LogP contribution in [-0.2, 0) is 12.0 Å². The van der Waals surface area contributed by atoms with Crippen LogP contribution in [0.3, 0.4) is 0 Å². The van der Waals surface area contributed by atoms with Crippen molar-refractivity contribution in [1.29, 1.82) is 0 Å². The molecular formula is C30H32O2. The fourth-order valence-corrected chi connectivity index (χ4v) is 7.63. The summed E-state index contributed by atoms with van der Waals surface area (Å²) in [5.74, 6) is 2.13. The second kappa shape index (κ2) is 7.22. The lowest BCUT2D eigenvalue weighted by atomic mass is 9.52. The number of benzene rings is 3. The van der Waals surface area contributed by atoms with Gasteiger partial charge in [-0.1, -0.05) is 67.6 Å². The molecule has 0 radical (unpaired) electrons. The smallest absolute Gasteiger partial charge is 0.115 e. The van der Waals surface area contributed by atoms with Gasteiger partial charge in [-0.05, 0) is 96.2 Å². The van der Waals surface area contributed by atoms with Gasteiger partial charge in [-0.3, -0.25) is 0 Å². The van der Waals surface area contributed by atoms with Crippen LogP contribution in [0.1, 0.15) is 61.6 Å². The van der Waals surface area contributed by atoms with Crippen molar-refractivity contribution in [2.75, 3.05) is 0 Å². The fraction of sp³-hybridized carbons (Fsp3) is 0.400. The molecule has 32 heavy (non-hydrogen) atoms. The van der Waals surface area contributed by atoms with Gasteiger partial charge in [0.1, 0.15) is 5.75 Å². The average Bonchev–Trinajstić information content (AvgIpc) is 3.11. The summed E-state index contributed by atoms with van der Waals surface area (Å²) >= 11 is 0. The van der Waals surface area contributed by atoms with E-state index in [2.05, 4.69) is 61.5 Å². The summed E-state index contributed by atoms with van der Waals surface area (Å²) < 4.78 is 0. The van der Waals surface area contributed by atoms with Crippen molar-refractivity contribution in [3.05, 3.63) is 89.5 Å². The van der Waals surface area contributed by atoms with Gasteiger partial charge in [-0.2, -0.15) is 0 Å². The summed E-state index contributed by atoms with van der Waals surface area (Å²) in [4.78, 5) is 0. The second-order valence-electron chi connectivity index (χ2n) is 10.6. The molecule has 0 spiro atoms. The third-order valence-corrected chi connectivity index (χ3v) is 9.33. The summed E-state index contributed by atoms with van der Waals surface area (Å²) in [6.45, 7) is 2.36. The standard InChI is InChI=1S/C30H32O2/c1-29-17-15-26-25-14-12-24(31)19-22(25)9-13-27(26)28(29)16-18-30(29,32)23-10-7-21(8-11-23)20-5-3-2-4-6-20/h2-8,10-12,14,19,26-28,31-32H,9,13,15-18H2,1H3/t26-,27-,28+,29+,30-/m1/s1. The molecule has 0 bridgehead atoms. The lowest BCUT2D eigenvalue weighted by Gasteiger charge is -2.53. The number of aliphatic hydroxyl groups is 1. The van der Waals surface area contributed by atoms with Gasteiger partial charge < -0.3 is 10.2 Å². The van der Waals surface area contributed by atoms with Crippen molar-refractivity contribution in [3.8, 4) is 16.9 Å². The Morgan fingerprint density at radius 2 is 1.56 bits per heavy atom. The Kier molecular flexibility index (Phi) is 4.52. The fourth-order valence-electron chi connectivity index (χ4n) is 7.63. The molecule has 3 aromatic rings. The zero-order valence-electron chi connectivity index (χ0n) is 18.8. The van der Waals surface area contributed by atoms with E-state index in [4.69, 9.17) is 0 Å². The Hall–Kier alpha value is -2.58. The van der Waals surface area contributed by atoms with Crippen LogP contribution >= 0.6 is 0 Å². The molecule has 6 rings (SSSR count). The van der Waals surface area contributed by atoms with Gasteiger partial charge in [-0.25, -0.2) is 0 Å². The minimum absolute atomic E-state index is 0.0865. The van der Waals surface area contributed by atoms with Crippen LogP contribution in [-0.4, -0.2) is 10.2 Å². The Morgan fingerprint density at radius 3 is 2.34 bits per heavy atom. The van der Waals surface area contributed by atoms with Crippen molar-refractivity contribution in [1.82, 2.24) is 0 Å². The highest BCUT2D eigenvalue weighted by molar-refractivity contribution is 5.63. The maximum absolute atomic E-state index is 12.2. The minimum atomic E-state index is -0.757. The molecular weight excluding hydrogens is 392 g/mol. The number of hydrogen-bond donors (Lipinski definition) is 2. The van der Waals surface area contributed by atoms with E-state index in [0.29, 0.717) is 23.5 Å². The number of aromatic hydroxyl groups is 1. The zero-order chi connectivity index (χ0) is 21.9. The number of fused-ring (bicyclic) bond motifs is 5. The van der Waals surface area contributed by atoms with Crippen LogP contribution in [0.25, 0.3) is 11.1 Å². The van der Waals surface area contributed by atoms with Crippen LogP contribution < -0.4 is 0 Å². The summed E-state index contributed by atoms with van der Waals surface area (Å²) in [6, 6.07) is 25.1. The quantitative estimate of drug-likeness (QED) is 0.475. The highest BCUT2D eigenvalue weighted by atomic mass is 16.3. The number of hydrogen-bond acceptors (Lipinski definition) is 2. The van der Waals surface area contributed by atoms with E-state index in [-0.39, 0.29) is 5.41 Å². The SMILES string of the molecule is C[C@]12CC[C@@H]3c4ccc(O)cc4CC[C@H]3[C@@H]1CC[C@@]2(O)c1ccc(-c2ccccc2)cc1. The molecule has 5 atom stereocenters. The summed E-state index contributed by atoms with van der Waals surface area (Å²) in [5, 5.41) is 22.1. The van der Waals surface area contributed by atoms with E-state index in [1.54, 1.807) is 0 Å². The second-order valence-corrected chi connectivity index (χ2v) is 10.6. The number of phenols is 1. The van der Waals surface area contributed by atoms with E-state index in [1.807, 2.05) is 18.2 Å². The predicted octanol–water partition coefficient (Wildman–Crippen LogP) is 6.80. The lowest BCUT2D eigenvalue weighted by molar-refractivity contribution is -0.108. The molecule has 2 saturated carbocycles. The van der Waals surface area contributed by atoms with Crippen molar-refractivity contribution in [2.24, 2.45) is 17.3 Å². The first-order valence-corrected chi connectivity index (χ1v) is 12.2. The number of rotatable bonds is 2. The van der Waals surface area contributed by atoms with Crippen LogP contribution in [0, 0.1) is 17.3 Å². The number of aryl methyl sites for hydroxylation is 1. The van der Waals surface area contributed by atoms with Gasteiger partial charge in [0.25, 0.3) is 0 Å². The molecule has 2 fully saturated rings. The van der Waals surface area contributed by atoms with Gasteiger partial charge in [0.2, 0.25) is 0 Å². The zero-order valence-corrected chi connectivity index (χ0v) is 18.8. The van der Waals surface area contributed by atoms with Crippen LogP contribution in [0.5, 0.6) is 5.75 Å². The Labute approximate surface area is 190 Å². The van der Waals surface area contributed by atoms with Crippen molar-refractivity contribution < 1.29 is 10.2 Å². The molecule has 3 aliphatic rings. The molecule has 3 aromatic carbocycles. The van der Waals surface area contributed by atoms with E-state index < -0.39 is 5.60 Å². The van der Waals surface area contributed by atoms with Crippen molar-refractivity contribution in [3.63, 3.8) is 0 Å². The van der Waals surface area contributed by atoms with Gasteiger partial charge >= 0.3 is 0 Å². The Balaban J connectivity index is 1.31. The summed E-state index contributed by atoms with van der Waals surface area (Å²) in [7, 11) is 0. The average molecular weight is 425 g/mol. The molecule has 0 unspecified atom stereocenters. The third-order valence-electron chi connectivity index (χ3n) is 9.33. The largest absolute Gasteiger partial charge is 0.508 e. The maximum Gasteiger partial charge on any atom is 0.115 e. The van der Waals surface area contributed by atoms with Crippen LogP contribution in [0.4, 0.5) is 0 Å². The summed E-state index contributed by atoms with van der Waals surface area (Å²) in [5.41, 5.74) is 5.44. The Morgan fingerprint density at radius 1 is 0.812 bits per heavy atom. The van der Waals surface area contributed by atoms with E-state index in [0.717, 1.165) is 37.7 Å². The normalized spacial score (nSPS) is 33.2. The first-order chi connectivity index (χ1) is 15.5. The van der Waals surface area contributed by atoms with Crippen LogP contribution in [0.2, 0.25) is 0 Å². The van der Waals surface area contributed by atoms with Gasteiger partial charge in [0, 0.05) is 5.41 Å². The minimum Gasteiger partial charge on any atom is -0.508 e. The highest BCUT2D eigenvalue weighted by Crippen LogP contribution is 2.67. The molecule has 164 valence electrons. The molecule has 0 saturated heterocycles. The molecule has 3 aliphatic carbocycles. The maximum atomic E-state index is 12.2. The van der Waals surface area contributed by atoms with Crippen molar-refractivity contribution >= 4 is 0 Å². The monoisotopic (exact) mass is 424 g/mol. The number of phenolic OH excluding ortho intramolecular Hbond substituents is 1. The van der Waals surface area contributed by atoms with E-state index >= 15 is 0 Å². The van der Waals surface area contributed by atoms with E-state index in [9.17, 15) is 10.2 Å². The molecule has 2 heteroatoms. The first kappa shape index (κ1) is 20.1. The molecule has 0 amide bonds. The molecule has 0 heterocycles.